The smallest absolute Gasteiger partial charge is 0.191 e. The van der Waals surface area contributed by atoms with Crippen LogP contribution in [-0.2, 0) is 9.47 Å². The van der Waals surface area contributed by atoms with Gasteiger partial charge in [0.25, 0.3) is 0 Å². The highest BCUT2D eigenvalue weighted by molar-refractivity contribution is 14.0. The summed E-state index contributed by atoms with van der Waals surface area (Å²) in [6.07, 6.45) is 5.19. The molecule has 2 aliphatic rings. The van der Waals surface area contributed by atoms with Gasteiger partial charge in [-0.05, 0) is 32.2 Å². The van der Waals surface area contributed by atoms with Gasteiger partial charge in [0.2, 0.25) is 0 Å². The van der Waals surface area contributed by atoms with Crippen molar-refractivity contribution in [3.8, 4) is 0 Å². The molecule has 2 rings (SSSR count). The number of likely N-dealkylation sites (tertiary alicyclic amines) is 1. The molecule has 0 aromatic carbocycles. The van der Waals surface area contributed by atoms with Crippen molar-refractivity contribution in [1.82, 2.24) is 15.5 Å². The molecule has 0 aliphatic carbocycles. The third kappa shape index (κ3) is 6.55. The predicted octanol–water partition coefficient (Wildman–Crippen LogP) is 1.06. The summed E-state index contributed by atoms with van der Waals surface area (Å²) in [5.74, 6) is 0.879. The zero-order chi connectivity index (χ0) is 14.9. The first-order chi connectivity index (χ1) is 10.3. The molecule has 2 fully saturated rings. The van der Waals surface area contributed by atoms with E-state index >= 15 is 0 Å². The SMILES string of the molecule is CN=C(NCC1CCCO1)NCC1CCCN1CCOC.I. The molecular formula is C15H31IN4O2. The van der Waals surface area contributed by atoms with Crippen molar-refractivity contribution in [2.24, 2.45) is 4.99 Å². The van der Waals surface area contributed by atoms with Crippen LogP contribution in [0.3, 0.4) is 0 Å². The van der Waals surface area contributed by atoms with E-state index < -0.39 is 0 Å². The van der Waals surface area contributed by atoms with Gasteiger partial charge in [0.05, 0.1) is 12.7 Å². The van der Waals surface area contributed by atoms with E-state index in [-0.39, 0.29) is 24.0 Å². The molecule has 2 heterocycles. The molecule has 22 heavy (non-hydrogen) atoms. The van der Waals surface area contributed by atoms with Crippen molar-refractivity contribution in [3.05, 3.63) is 0 Å². The first kappa shape index (κ1) is 19.9. The summed E-state index contributed by atoms with van der Waals surface area (Å²) >= 11 is 0. The molecule has 6 nitrogen and oxygen atoms in total. The van der Waals surface area contributed by atoms with E-state index in [1.807, 2.05) is 7.05 Å². The largest absolute Gasteiger partial charge is 0.383 e. The van der Waals surface area contributed by atoms with Gasteiger partial charge in [-0.2, -0.15) is 0 Å². The zero-order valence-corrected chi connectivity index (χ0v) is 16.2. The number of halogens is 1. The van der Waals surface area contributed by atoms with Gasteiger partial charge in [0.15, 0.2) is 5.96 Å². The van der Waals surface area contributed by atoms with E-state index in [4.69, 9.17) is 9.47 Å². The molecule has 0 amide bonds. The maximum Gasteiger partial charge on any atom is 0.191 e. The predicted molar refractivity (Wildman–Crippen MR) is 100 cm³/mol. The summed E-state index contributed by atoms with van der Waals surface area (Å²) in [6, 6.07) is 0.585. The standard InChI is InChI=1S/C15H30N4O2.HI/c1-16-15(18-12-14-6-4-9-21-14)17-11-13-5-3-7-19(13)8-10-20-2;/h13-14H,3-12H2,1-2H3,(H2,16,17,18);1H. The molecule has 0 saturated carbocycles. The van der Waals surface area contributed by atoms with E-state index in [1.165, 1.54) is 25.8 Å². The topological polar surface area (TPSA) is 58.1 Å². The average Bonchev–Trinajstić information content (AvgIpc) is 3.16. The van der Waals surface area contributed by atoms with Crippen LogP contribution in [0.4, 0.5) is 0 Å². The number of aliphatic imine (C=N–C) groups is 1. The van der Waals surface area contributed by atoms with Crippen molar-refractivity contribution in [2.75, 3.05) is 53.6 Å². The van der Waals surface area contributed by atoms with E-state index in [2.05, 4.69) is 20.5 Å². The molecule has 2 N–H and O–H groups in total. The summed E-state index contributed by atoms with van der Waals surface area (Å²) < 4.78 is 10.8. The minimum Gasteiger partial charge on any atom is -0.383 e. The fourth-order valence-corrected chi connectivity index (χ4v) is 3.08. The third-order valence-corrected chi connectivity index (χ3v) is 4.33. The summed E-state index contributed by atoms with van der Waals surface area (Å²) in [5.41, 5.74) is 0. The van der Waals surface area contributed by atoms with Gasteiger partial charge in [-0.1, -0.05) is 0 Å². The van der Waals surface area contributed by atoms with Crippen LogP contribution in [-0.4, -0.2) is 76.6 Å². The normalized spacial score (nSPS) is 26.0. The Morgan fingerprint density at radius 3 is 2.77 bits per heavy atom. The van der Waals surface area contributed by atoms with Gasteiger partial charge in [0.1, 0.15) is 0 Å². The number of hydrogen-bond donors (Lipinski definition) is 2. The Labute approximate surface area is 151 Å². The summed E-state index contributed by atoms with van der Waals surface area (Å²) in [4.78, 5) is 6.80. The minimum atomic E-state index is 0. The number of ether oxygens (including phenoxy) is 2. The Balaban J connectivity index is 0.00000242. The van der Waals surface area contributed by atoms with E-state index in [0.717, 1.165) is 45.2 Å². The van der Waals surface area contributed by atoms with Crippen LogP contribution in [0.5, 0.6) is 0 Å². The van der Waals surface area contributed by atoms with Gasteiger partial charge in [-0.3, -0.25) is 9.89 Å². The Bertz CT molecular complexity index is 325. The average molecular weight is 426 g/mol. The second-order valence-corrected chi connectivity index (χ2v) is 5.79. The lowest BCUT2D eigenvalue weighted by molar-refractivity contribution is 0.113. The molecule has 2 atom stereocenters. The Morgan fingerprint density at radius 2 is 2.09 bits per heavy atom. The fraction of sp³-hybridized carbons (Fsp3) is 0.933. The number of rotatable bonds is 7. The minimum absolute atomic E-state index is 0. The Hall–Kier alpha value is -0.120. The van der Waals surface area contributed by atoms with Gasteiger partial charge >= 0.3 is 0 Å². The highest BCUT2D eigenvalue weighted by Crippen LogP contribution is 2.15. The Kier molecular flexibility index (Phi) is 10.3. The maximum atomic E-state index is 5.62. The second kappa shape index (κ2) is 11.4. The summed E-state index contributed by atoms with van der Waals surface area (Å²) in [6.45, 7) is 5.69. The molecule has 0 radical (unpaired) electrons. The van der Waals surface area contributed by atoms with Gasteiger partial charge in [-0.25, -0.2) is 0 Å². The van der Waals surface area contributed by atoms with E-state index in [0.29, 0.717) is 12.1 Å². The number of guanidine groups is 1. The number of nitrogens with one attached hydrogen (secondary N) is 2. The highest BCUT2D eigenvalue weighted by atomic mass is 127. The van der Waals surface area contributed by atoms with Crippen LogP contribution in [0.2, 0.25) is 0 Å². The van der Waals surface area contributed by atoms with Crippen LogP contribution in [0, 0.1) is 0 Å². The Morgan fingerprint density at radius 1 is 1.27 bits per heavy atom. The van der Waals surface area contributed by atoms with Crippen molar-refractivity contribution >= 4 is 29.9 Å². The third-order valence-electron chi connectivity index (χ3n) is 4.33. The molecule has 0 aromatic heterocycles. The number of nitrogens with zero attached hydrogens (tertiary/aromatic N) is 2. The lowest BCUT2D eigenvalue weighted by Crippen LogP contribution is -2.46. The lowest BCUT2D eigenvalue weighted by atomic mass is 10.2. The van der Waals surface area contributed by atoms with Crippen LogP contribution < -0.4 is 10.6 Å². The molecule has 2 aliphatic heterocycles. The molecular weight excluding hydrogens is 395 g/mol. The quantitative estimate of drug-likeness (QED) is 0.362. The van der Waals surface area contributed by atoms with Crippen LogP contribution in [0.15, 0.2) is 4.99 Å². The van der Waals surface area contributed by atoms with Gasteiger partial charge in [0, 0.05) is 46.4 Å². The first-order valence-electron chi connectivity index (χ1n) is 8.12. The highest BCUT2D eigenvalue weighted by Gasteiger charge is 2.24. The summed E-state index contributed by atoms with van der Waals surface area (Å²) in [7, 11) is 3.59. The van der Waals surface area contributed by atoms with E-state index in [1.54, 1.807) is 7.11 Å². The fourth-order valence-electron chi connectivity index (χ4n) is 3.08. The molecule has 130 valence electrons. The van der Waals surface area contributed by atoms with Crippen LogP contribution in [0.25, 0.3) is 0 Å². The lowest BCUT2D eigenvalue weighted by Gasteiger charge is -2.25. The van der Waals surface area contributed by atoms with Crippen LogP contribution >= 0.6 is 24.0 Å². The maximum absolute atomic E-state index is 5.62. The monoisotopic (exact) mass is 426 g/mol. The first-order valence-corrected chi connectivity index (χ1v) is 8.12. The van der Waals surface area contributed by atoms with E-state index in [9.17, 15) is 0 Å². The summed E-state index contributed by atoms with van der Waals surface area (Å²) in [5, 5.41) is 6.81. The van der Waals surface area contributed by atoms with Crippen molar-refractivity contribution in [2.45, 2.75) is 37.8 Å². The molecule has 0 bridgehead atoms. The van der Waals surface area contributed by atoms with Crippen molar-refractivity contribution in [1.29, 1.82) is 0 Å². The van der Waals surface area contributed by atoms with Gasteiger partial charge in [-0.15, -0.1) is 24.0 Å². The molecule has 2 saturated heterocycles. The molecule has 0 spiro atoms. The zero-order valence-electron chi connectivity index (χ0n) is 13.8. The molecule has 7 heteroatoms. The van der Waals surface area contributed by atoms with Crippen LogP contribution in [0.1, 0.15) is 25.7 Å². The molecule has 2 unspecified atom stereocenters. The second-order valence-electron chi connectivity index (χ2n) is 5.79. The van der Waals surface area contributed by atoms with Gasteiger partial charge < -0.3 is 20.1 Å². The number of methoxy groups -OCH3 is 1. The van der Waals surface area contributed by atoms with Crippen molar-refractivity contribution in [3.63, 3.8) is 0 Å². The van der Waals surface area contributed by atoms with Crippen molar-refractivity contribution < 1.29 is 9.47 Å². The molecule has 0 aromatic rings. The number of hydrogen-bond acceptors (Lipinski definition) is 4.